The van der Waals surface area contributed by atoms with Gasteiger partial charge in [-0.3, -0.25) is 29.3 Å². The molecule has 0 radical (unpaired) electrons. The number of nitro groups is 1. The van der Waals surface area contributed by atoms with E-state index in [2.05, 4.69) is 0 Å². The van der Waals surface area contributed by atoms with Crippen molar-refractivity contribution in [2.75, 3.05) is 6.54 Å². The van der Waals surface area contributed by atoms with Gasteiger partial charge in [0.05, 0.1) is 11.1 Å². The quantitative estimate of drug-likeness (QED) is 0.551. The van der Waals surface area contributed by atoms with Crippen LogP contribution in [0.1, 0.15) is 0 Å². The van der Waals surface area contributed by atoms with Gasteiger partial charge in [-0.1, -0.05) is 0 Å². The van der Waals surface area contributed by atoms with Crippen LogP contribution in [0, 0.1) is 10.1 Å². The van der Waals surface area contributed by atoms with E-state index in [1.807, 2.05) is 0 Å². The lowest BCUT2D eigenvalue weighted by molar-refractivity contribution is -0.386. The Morgan fingerprint density at radius 3 is 2.55 bits per heavy atom. The second kappa shape index (κ2) is 5.54. The van der Waals surface area contributed by atoms with Crippen LogP contribution in [0.3, 0.4) is 0 Å². The normalized spacial score (nSPS) is 11.2. The number of H-pyrrole nitrogens is 1. The molecule has 0 aliphatic carbocycles. The van der Waals surface area contributed by atoms with E-state index in [4.69, 9.17) is 0 Å². The minimum absolute atomic E-state index is 0.422. The molecule has 1 rings (SSSR count). The van der Waals surface area contributed by atoms with Crippen LogP contribution in [0.15, 0.2) is 15.8 Å². The molecule has 0 saturated carbocycles. The predicted octanol–water partition coefficient (Wildman–Crippen LogP) is -0.877. The number of hydrogen-bond donors (Lipinski definition) is 2. The monoisotopic (exact) mass is 296 g/mol. The van der Waals surface area contributed by atoms with E-state index in [0.717, 1.165) is 0 Å². The van der Waals surface area contributed by atoms with Crippen molar-refractivity contribution in [2.45, 2.75) is 12.7 Å². The number of alkyl halides is 3. The summed E-state index contributed by atoms with van der Waals surface area (Å²) >= 11 is 0. The maximum Gasteiger partial charge on any atom is 0.405 e. The van der Waals surface area contributed by atoms with Gasteiger partial charge >= 0.3 is 23.1 Å². The Morgan fingerprint density at radius 1 is 1.45 bits per heavy atom. The van der Waals surface area contributed by atoms with Crippen molar-refractivity contribution in [1.29, 1.82) is 0 Å². The van der Waals surface area contributed by atoms with Crippen LogP contribution in [-0.4, -0.2) is 33.1 Å². The van der Waals surface area contributed by atoms with Gasteiger partial charge in [-0.05, 0) is 0 Å². The van der Waals surface area contributed by atoms with Gasteiger partial charge in [0.2, 0.25) is 5.91 Å². The maximum absolute atomic E-state index is 11.8. The van der Waals surface area contributed by atoms with Crippen LogP contribution in [0.25, 0.3) is 0 Å². The topological polar surface area (TPSA) is 127 Å². The van der Waals surface area contributed by atoms with Gasteiger partial charge in [0.1, 0.15) is 13.1 Å². The summed E-state index contributed by atoms with van der Waals surface area (Å²) in [6.45, 7) is -2.50. The van der Waals surface area contributed by atoms with E-state index < -0.39 is 47.0 Å². The van der Waals surface area contributed by atoms with Gasteiger partial charge in [-0.15, -0.1) is 0 Å². The first kappa shape index (κ1) is 15.4. The Bertz CT molecular complexity index is 647. The zero-order valence-electron chi connectivity index (χ0n) is 9.56. The average molecular weight is 296 g/mol. The summed E-state index contributed by atoms with van der Waals surface area (Å²) in [6, 6.07) is 0. The lowest BCUT2D eigenvalue weighted by atomic mass is 10.5. The van der Waals surface area contributed by atoms with Crippen LogP contribution in [0.4, 0.5) is 18.9 Å². The molecule has 9 nitrogen and oxygen atoms in total. The minimum Gasteiger partial charge on any atom is -0.345 e. The molecule has 0 aromatic carbocycles. The van der Waals surface area contributed by atoms with Gasteiger partial charge in [0, 0.05) is 0 Å². The third kappa shape index (κ3) is 4.22. The SMILES string of the molecule is O=C(Cn1cc([N+](=O)[O-])c(=O)[nH]c1=O)NCC(F)(F)F. The van der Waals surface area contributed by atoms with Crippen LogP contribution in [0.2, 0.25) is 0 Å². The Hall–Kier alpha value is -2.66. The first-order valence-electron chi connectivity index (χ1n) is 4.92. The third-order valence-corrected chi connectivity index (χ3v) is 1.99. The lowest BCUT2D eigenvalue weighted by Gasteiger charge is -2.09. The number of hydrogen-bond acceptors (Lipinski definition) is 5. The highest BCUT2D eigenvalue weighted by molar-refractivity contribution is 5.75. The Kier molecular flexibility index (Phi) is 4.27. The van der Waals surface area contributed by atoms with Crippen LogP contribution >= 0.6 is 0 Å². The number of halogens is 3. The van der Waals surface area contributed by atoms with Crippen molar-refractivity contribution in [3.8, 4) is 0 Å². The van der Waals surface area contributed by atoms with Gasteiger partial charge in [0.25, 0.3) is 0 Å². The fraction of sp³-hybridized carbons (Fsp3) is 0.375. The first-order valence-corrected chi connectivity index (χ1v) is 4.92. The fourth-order valence-electron chi connectivity index (χ4n) is 1.15. The maximum atomic E-state index is 11.8. The van der Waals surface area contributed by atoms with Crippen LogP contribution < -0.4 is 16.6 Å². The van der Waals surface area contributed by atoms with E-state index in [1.54, 1.807) is 4.98 Å². The first-order chi connectivity index (χ1) is 9.10. The number of rotatable bonds is 4. The zero-order valence-corrected chi connectivity index (χ0v) is 9.56. The molecule has 0 aliphatic heterocycles. The van der Waals surface area contributed by atoms with Crippen molar-refractivity contribution >= 4 is 11.6 Å². The molecule has 0 spiro atoms. The molecular formula is C8H7F3N4O5. The number of nitrogens with zero attached hydrogens (tertiary/aromatic N) is 2. The largest absolute Gasteiger partial charge is 0.405 e. The molecule has 0 aliphatic rings. The lowest BCUT2D eigenvalue weighted by Crippen LogP contribution is -2.39. The second-order valence-corrected chi connectivity index (χ2v) is 3.55. The van der Waals surface area contributed by atoms with E-state index >= 15 is 0 Å². The molecule has 12 heteroatoms. The van der Waals surface area contributed by atoms with Gasteiger partial charge in [0.15, 0.2) is 0 Å². The average Bonchev–Trinajstić information content (AvgIpc) is 2.28. The smallest absolute Gasteiger partial charge is 0.345 e. The van der Waals surface area contributed by atoms with E-state index in [9.17, 15) is 37.7 Å². The molecule has 110 valence electrons. The van der Waals surface area contributed by atoms with Crippen molar-refractivity contribution in [3.05, 3.63) is 37.1 Å². The number of nitrogens with one attached hydrogen (secondary N) is 2. The molecule has 2 N–H and O–H groups in total. The minimum atomic E-state index is -4.63. The molecule has 0 fully saturated rings. The van der Waals surface area contributed by atoms with Crippen molar-refractivity contribution in [3.63, 3.8) is 0 Å². The van der Waals surface area contributed by atoms with Crippen molar-refractivity contribution < 1.29 is 22.9 Å². The molecule has 0 unspecified atom stereocenters. The van der Waals surface area contributed by atoms with Crippen LogP contribution in [-0.2, 0) is 11.3 Å². The summed E-state index contributed by atoms with van der Waals surface area (Å²) in [7, 11) is 0. The highest BCUT2D eigenvalue weighted by atomic mass is 19.4. The Balaban J connectivity index is 2.90. The molecular weight excluding hydrogens is 289 g/mol. The summed E-state index contributed by atoms with van der Waals surface area (Å²) < 4.78 is 35.9. The standard InChI is InChI=1S/C8H7F3N4O5/c9-8(10,11)3-12-5(16)2-14-1-4(15(19)20)6(17)13-7(14)18/h1H,2-3H2,(H,12,16)(H,13,17,18). The number of carbonyl (C=O) groups is 1. The fourth-order valence-corrected chi connectivity index (χ4v) is 1.15. The molecule has 0 bridgehead atoms. The van der Waals surface area contributed by atoms with Crippen molar-refractivity contribution in [2.24, 2.45) is 0 Å². The summed E-state index contributed by atoms with van der Waals surface area (Å²) in [5, 5.41) is 11.9. The molecule has 20 heavy (non-hydrogen) atoms. The van der Waals surface area contributed by atoms with Crippen molar-refractivity contribution in [1.82, 2.24) is 14.9 Å². The van der Waals surface area contributed by atoms with Gasteiger partial charge < -0.3 is 5.32 Å². The Morgan fingerprint density at radius 2 is 2.05 bits per heavy atom. The third-order valence-electron chi connectivity index (χ3n) is 1.99. The molecule has 0 atom stereocenters. The number of amides is 1. The molecule has 1 aromatic rings. The zero-order chi connectivity index (χ0) is 15.5. The highest BCUT2D eigenvalue weighted by Gasteiger charge is 2.27. The Labute approximate surface area is 107 Å². The molecule has 1 aromatic heterocycles. The van der Waals surface area contributed by atoms with Gasteiger partial charge in [-0.25, -0.2) is 4.79 Å². The molecule has 1 heterocycles. The number of aromatic nitrogens is 2. The van der Waals surface area contributed by atoms with E-state index in [1.165, 1.54) is 5.32 Å². The van der Waals surface area contributed by atoms with Gasteiger partial charge in [-0.2, -0.15) is 13.2 Å². The predicted molar refractivity (Wildman–Crippen MR) is 57.0 cm³/mol. The van der Waals surface area contributed by atoms with E-state index in [0.29, 0.717) is 10.8 Å². The number of aromatic amines is 1. The number of carbonyl (C=O) groups excluding carboxylic acids is 1. The second-order valence-electron chi connectivity index (χ2n) is 3.55. The molecule has 0 saturated heterocycles. The molecule has 1 amide bonds. The summed E-state index contributed by atoms with van der Waals surface area (Å²) in [5.74, 6) is -1.19. The van der Waals surface area contributed by atoms with Crippen LogP contribution in [0.5, 0.6) is 0 Å². The summed E-state index contributed by atoms with van der Waals surface area (Å²) in [4.78, 5) is 44.3. The van der Waals surface area contributed by atoms with E-state index in [-0.39, 0.29) is 0 Å². The highest BCUT2D eigenvalue weighted by Crippen LogP contribution is 2.12. The summed E-state index contributed by atoms with van der Waals surface area (Å²) in [6.07, 6.45) is -4.15. The summed E-state index contributed by atoms with van der Waals surface area (Å²) in [5.41, 5.74) is -3.43.